The maximum Gasteiger partial charge on any atom is 0.143 e. The number of nitrogens with two attached hydrogens (primary N) is 1. The van der Waals surface area contributed by atoms with Crippen LogP contribution in [0.4, 0.5) is 5.69 Å². The molecule has 1 heterocycles. The normalized spacial score (nSPS) is 12.1. The Hall–Kier alpha value is -2.74. The van der Waals surface area contributed by atoms with Gasteiger partial charge in [0.15, 0.2) is 0 Å². The third-order valence-corrected chi connectivity index (χ3v) is 4.55. The van der Waals surface area contributed by atoms with Gasteiger partial charge in [0.1, 0.15) is 11.2 Å². The summed E-state index contributed by atoms with van der Waals surface area (Å²) in [7, 11) is 0. The molecule has 2 heteroatoms. The van der Waals surface area contributed by atoms with Crippen LogP contribution in [0.5, 0.6) is 0 Å². The predicted octanol–water partition coefficient (Wildman–Crippen LogP) is 6.13. The number of para-hydroxylation sites is 2. The standard InChI is InChI=1S/C22H21NO/c1-22(2,3)19-9-5-8-18-17-7-4-6-16(20(17)24-21(18)19)14-10-12-15(23)13-11-14/h4-13H,23H2,1-3H3. The number of fused-ring (bicyclic) bond motifs is 3. The molecule has 0 unspecified atom stereocenters. The fourth-order valence-corrected chi connectivity index (χ4v) is 3.30. The molecule has 4 rings (SSSR count). The van der Waals surface area contributed by atoms with Gasteiger partial charge >= 0.3 is 0 Å². The first-order valence-electron chi connectivity index (χ1n) is 8.26. The molecule has 1 aromatic heterocycles. The van der Waals surface area contributed by atoms with E-state index in [2.05, 4.69) is 57.2 Å². The molecule has 0 amide bonds. The van der Waals surface area contributed by atoms with Crippen molar-refractivity contribution in [2.75, 3.05) is 5.73 Å². The van der Waals surface area contributed by atoms with E-state index in [4.69, 9.17) is 10.2 Å². The lowest BCUT2D eigenvalue weighted by Gasteiger charge is -2.18. The van der Waals surface area contributed by atoms with Crippen molar-refractivity contribution in [1.82, 2.24) is 0 Å². The number of furan rings is 1. The molecule has 2 N–H and O–H groups in total. The van der Waals surface area contributed by atoms with Crippen molar-refractivity contribution >= 4 is 27.6 Å². The number of hydrogen-bond acceptors (Lipinski definition) is 2. The largest absolute Gasteiger partial charge is 0.455 e. The fourth-order valence-electron chi connectivity index (χ4n) is 3.30. The van der Waals surface area contributed by atoms with Crippen LogP contribution in [0.25, 0.3) is 33.1 Å². The van der Waals surface area contributed by atoms with Gasteiger partial charge in [0.25, 0.3) is 0 Å². The summed E-state index contributed by atoms with van der Waals surface area (Å²) in [6.45, 7) is 6.65. The summed E-state index contributed by atoms with van der Waals surface area (Å²) in [4.78, 5) is 0. The van der Waals surface area contributed by atoms with E-state index in [-0.39, 0.29) is 5.41 Å². The summed E-state index contributed by atoms with van der Waals surface area (Å²) in [5.74, 6) is 0. The first-order valence-corrected chi connectivity index (χ1v) is 8.26. The van der Waals surface area contributed by atoms with Crippen LogP contribution in [0.3, 0.4) is 0 Å². The van der Waals surface area contributed by atoms with Crippen LogP contribution in [0.2, 0.25) is 0 Å². The number of hydrogen-bond donors (Lipinski definition) is 1. The zero-order valence-electron chi connectivity index (χ0n) is 14.3. The van der Waals surface area contributed by atoms with E-state index in [0.29, 0.717) is 0 Å². The smallest absolute Gasteiger partial charge is 0.143 e. The van der Waals surface area contributed by atoms with Crippen molar-refractivity contribution in [3.05, 3.63) is 66.2 Å². The van der Waals surface area contributed by atoms with Crippen molar-refractivity contribution < 1.29 is 4.42 Å². The Morgan fingerprint density at radius 3 is 2.04 bits per heavy atom. The molecule has 0 aliphatic carbocycles. The van der Waals surface area contributed by atoms with Gasteiger partial charge in [-0.05, 0) is 23.1 Å². The molecule has 120 valence electrons. The molecular weight excluding hydrogens is 294 g/mol. The number of benzene rings is 3. The second kappa shape index (κ2) is 5.13. The lowest BCUT2D eigenvalue weighted by Crippen LogP contribution is -2.10. The highest BCUT2D eigenvalue weighted by atomic mass is 16.3. The van der Waals surface area contributed by atoms with E-state index in [9.17, 15) is 0 Å². The van der Waals surface area contributed by atoms with Gasteiger partial charge in [0.2, 0.25) is 0 Å². The second-order valence-electron chi connectivity index (χ2n) is 7.34. The topological polar surface area (TPSA) is 39.2 Å². The summed E-state index contributed by atoms with van der Waals surface area (Å²) >= 11 is 0. The molecule has 24 heavy (non-hydrogen) atoms. The number of nitrogen functional groups attached to an aromatic ring is 1. The van der Waals surface area contributed by atoms with Gasteiger partial charge < -0.3 is 10.2 Å². The summed E-state index contributed by atoms with van der Waals surface area (Å²) < 4.78 is 6.39. The Labute approximate surface area is 141 Å². The molecule has 0 saturated heterocycles. The molecule has 0 atom stereocenters. The van der Waals surface area contributed by atoms with Gasteiger partial charge in [0.05, 0.1) is 0 Å². The maximum atomic E-state index is 6.39. The summed E-state index contributed by atoms with van der Waals surface area (Å²) in [6, 6.07) is 20.7. The highest BCUT2D eigenvalue weighted by Gasteiger charge is 2.21. The lowest BCUT2D eigenvalue weighted by molar-refractivity contribution is 0.573. The van der Waals surface area contributed by atoms with Crippen LogP contribution in [-0.4, -0.2) is 0 Å². The molecule has 0 saturated carbocycles. The van der Waals surface area contributed by atoms with E-state index in [0.717, 1.165) is 33.4 Å². The Morgan fingerprint density at radius 2 is 1.38 bits per heavy atom. The van der Waals surface area contributed by atoms with Crippen LogP contribution < -0.4 is 5.73 Å². The highest BCUT2D eigenvalue weighted by Crippen LogP contribution is 2.39. The summed E-state index contributed by atoms with van der Waals surface area (Å²) in [5, 5.41) is 2.33. The molecule has 0 aliphatic rings. The Kier molecular flexibility index (Phi) is 3.17. The minimum absolute atomic E-state index is 0.0365. The van der Waals surface area contributed by atoms with Crippen LogP contribution in [-0.2, 0) is 5.41 Å². The van der Waals surface area contributed by atoms with Crippen molar-refractivity contribution in [2.45, 2.75) is 26.2 Å². The van der Waals surface area contributed by atoms with E-state index in [1.165, 1.54) is 10.9 Å². The van der Waals surface area contributed by atoms with Crippen molar-refractivity contribution in [2.24, 2.45) is 0 Å². The Balaban J connectivity index is 2.06. The van der Waals surface area contributed by atoms with E-state index >= 15 is 0 Å². The monoisotopic (exact) mass is 315 g/mol. The zero-order chi connectivity index (χ0) is 16.9. The molecule has 2 nitrogen and oxygen atoms in total. The van der Waals surface area contributed by atoms with Crippen molar-refractivity contribution in [3.8, 4) is 11.1 Å². The summed E-state index contributed by atoms with van der Waals surface area (Å²) in [5.41, 5.74) is 12.0. The summed E-state index contributed by atoms with van der Waals surface area (Å²) in [6.07, 6.45) is 0. The van der Waals surface area contributed by atoms with Crippen molar-refractivity contribution in [3.63, 3.8) is 0 Å². The predicted molar refractivity (Wildman–Crippen MR) is 102 cm³/mol. The second-order valence-corrected chi connectivity index (χ2v) is 7.34. The van der Waals surface area contributed by atoms with Crippen LogP contribution in [0, 0.1) is 0 Å². The van der Waals surface area contributed by atoms with E-state index in [1.807, 2.05) is 24.3 Å². The Bertz CT molecular complexity index is 1030. The minimum atomic E-state index is 0.0365. The fraction of sp³-hybridized carbons (Fsp3) is 0.182. The van der Waals surface area contributed by atoms with Crippen molar-refractivity contribution in [1.29, 1.82) is 0 Å². The van der Waals surface area contributed by atoms with Crippen LogP contribution in [0.1, 0.15) is 26.3 Å². The number of rotatable bonds is 1. The molecular formula is C22H21NO. The third-order valence-electron chi connectivity index (χ3n) is 4.55. The lowest BCUT2D eigenvalue weighted by atomic mass is 9.86. The molecule has 0 radical (unpaired) electrons. The molecule has 0 spiro atoms. The first kappa shape index (κ1) is 14.8. The van der Waals surface area contributed by atoms with E-state index < -0.39 is 0 Å². The van der Waals surface area contributed by atoms with Gasteiger partial charge in [-0.1, -0.05) is 69.3 Å². The Morgan fingerprint density at radius 1 is 0.750 bits per heavy atom. The van der Waals surface area contributed by atoms with Gasteiger partial charge in [-0.25, -0.2) is 0 Å². The van der Waals surface area contributed by atoms with E-state index in [1.54, 1.807) is 0 Å². The molecule has 0 fully saturated rings. The molecule has 4 aromatic rings. The zero-order valence-corrected chi connectivity index (χ0v) is 14.3. The molecule has 3 aromatic carbocycles. The van der Waals surface area contributed by atoms with Gasteiger partial charge in [-0.3, -0.25) is 0 Å². The highest BCUT2D eigenvalue weighted by molar-refractivity contribution is 6.10. The SMILES string of the molecule is CC(C)(C)c1cccc2c1oc1c(-c3ccc(N)cc3)cccc12. The quantitative estimate of drug-likeness (QED) is 0.429. The molecule has 0 bridgehead atoms. The first-order chi connectivity index (χ1) is 11.4. The van der Waals surface area contributed by atoms with Crippen LogP contribution >= 0.6 is 0 Å². The average Bonchev–Trinajstić information content (AvgIpc) is 2.93. The maximum absolute atomic E-state index is 6.39. The average molecular weight is 315 g/mol. The van der Waals surface area contributed by atoms with Gasteiger partial charge in [-0.2, -0.15) is 0 Å². The third kappa shape index (κ3) is 2.26. The van der Waals surface area contributed by atoms with Gasteiger partial charge in [0, 0.05) is 27.6 Å². The minimum Gasteiger partial charge on any atom is -0.455 e. The number of anilines is 1. The van der Waals surface area contributed by atoms with Gasteiger partial charge in [-0.15, -0.1) is 0 Å². The van der Waals surface area contributed by atoms with Crippen LogP contribution in [0.15, 0.2) is 65.1 Å². The molecule has 0 aliphatic heterocycles.